The van der Waals surface area contributed by atoms with Gasteiger partial charge in [-0.15, -0.1) is 0 Å². The third-order valence-corrected chi connectivity index (χ3v) is 2.93. The fraction of sp³-hybridized carbons (Fsp3) is 0.900. The largest absolute Gasteiger partial charge is 0.468 e. The van der Waals surface area contributed by atoms with Gasteiger partial charge in [-0.1, -0.05) is 0 Å². The SMILES string of the molecule is CCOC1CCC(NC)(C(=O)OC)C1. The first-order valence-corrected chi connectivity index (χ1v) is 5.07. The van der Waals surface area contributed by atoms with Gasteiger partial charge in [0.05, 0.1) is 13.2 Å². The smallest absolute Gasteiger partial charge is 0.326 e. The molecule has 0 aromatic rings. The summed E-state index contributed by atoms with van der Waals surface area (Å²) in [5, 5.41) is 3.06. The Morgan fingerprint density at radius 1 is 1.64 bits per heavy atom. The minimum Gasteiger partial charge on any atom is -0.468 e. The van der Waals surface area contributed by atoms with Gasteiger partial charge in [-0.2, -0.15) is 0 Å². The predicted molar refractivity (Wildman–Crippen MR) is 53.1 cm³/mol. The van der Waals surface area contributed by atoms with Crippen LogP contribution in [0.2, 0.25) is 0 Å². The van der Waals surface area contributed by atoms with Crippen LogP contribution in [0, 0.1) is 0 Å². The van der Waals surface area contributed by atoms with E-state index >= 15 is 0 Å². The van der Waals surface area contributed by atoms with Gasteiger partial charge in [0.2, 0.25) is 0 Å². The summed E-state index contributed by atoms with van der Waals surface area (Å²) < 4.78 is 10.3. The zero-order valence-electron chi connectivity index (χ0n) is 9.13. The van der Waals surface area contributed by atoms with Gasteiger partial charge >= 0.3 is 5.97 Å². The maximum atomic E-state index is 11.6. The van der Waals surface area contributed by atoms with Crippen LogP contribution in [-0.2, 0) is 14.3 Å². The van der Waals surface area contributed by atoms with Gasteiger partial charge in [-0.25, -0.2) is 0 Å². The van der Waals surface area contributed by atoms with Crippen molar-refractivity contribution >= 4 is 5.97 Å². The van der Waals surface area contributed by atoms with Crippen molar-refractivity contribution in [1.29, 1.82) is 0 Å². The first kappa shape index (κ1) is 11.5. The molecule has 0 aromatic carbocycles. The Kier molecular flexibility index (Phi) is 3.89. The number of likely N-dealkylation sites (N-methyl/N-ethyl adjacent to an activating group) is 1. The summed E-state index contributed by atoms with van der Waals surface area (Å²) in [6, 6.07) is 0. The highest BCUT2D eigenvalue weighted by Gasteiger charge is 2.45. The molecule has 0 aromatic heterocycles. The van der Waals surface area contributed by atoms with Crippen molar-refractivity contribution < 1.29 is 14.3 Å². The lowest BCUT2D eigenvalue weighted by Gasteiger charge is -2.25. The van der Waals surface area contributed by atoms with E-state index in [9.17, 15) is 4.79 Å². The van der Waals surface area contributed by atoms with Gasteiger partial charge in [0.1, 0.15) is 5.54 Å². The standard InChI is InChI=1S/C10H19NO3/c1-4-14-8-5-6-10(7-8,11-2)9(12)13-3/h8,11H,4-7H2,1-3H3. The van der Waals surface area contributed by atoms with Crippen molar-refractivity contribution in [1.82, 2.24) is 5.32 Å². The predicted octanol–water partition coefficient (Wildman–Crippen LogP) is 0.707. The van der Waals surface area contributed by atoms with Crippen LogP contribution in [0.4, 0.5) is 0 Å². The molecule has 0 radical (unpaired) electrons. The molecule has 0 heterocycles. The van der Waals surface area contributed by atoms with Crippen molar-refractivity contribution in [3.8, 4) is 0 Å². The molecule has 1 aliphatic rings. The summed E-state index contributed by atoms with van der Waals surface area (Å²) in [5.74, 6) is -0.179. The fourth-order valence-electron chi connectivity index (χ4n) is 2.09. The summed E-state index contributed by atoms with van der Waals surface area (Å²) in [7, 11) is 3.22. The van der Waals surface area contributed by atoms with Crippen molar-refractivity contribution in [3.05, 3.63) is 0 Å². The molecule has 0 aliphatic heterocycles. The Bertz CT molecular complexity index is 208. The monoisotopic (exact) mass is 201 g/mol. The molecule has 4 nitrogen and oxygen atoms in total. The van der Waals surface area contributed by atoms with Crippen LogP contribution in [0.3, 0.4) is 0 Å². The van der Waals surface area contributed by atoms with Crippen LogP contribution in [0.25, 0.3) is 0 Å². The number of nitrogens with one attached hydrogen (secondary N) is 1. The summed E-state index contributed by atoms with van der Waals surface area (Å²) in [6.07, 6.45) is 2.61. The average Bonchev–Trinajstić information content (AvgIpc) is 2.62. The zero-order valence-corrected chi connectivity index (χ0v) is 9.13. The second-order valence-electron chi connectivity index (χ2n) is 3.64. The quantitative estimate of drug-likeness (QED) is 0.680. The number of carbonyl (C=O) groups excluding carboxylic acids is 1. The highest BCUT2D eigenvalue weighted by atomic mass is 16.5. The van der Waals surface area contributed by atoms with Crippen LogP contribution >= 0.6 is 0 Å². The Morgan fingerprint density at radius 3 is 2.86 bits per heavy atom. The van der Waals surface area contributed by atoms with Crippen LogP contribution in [0.15, 0.2) is 0 Å². The molecule has 0 spiro atoms. The molecule has 4 heteroatoms. The first-order chi connectivity index (χ1) is 6.68. The Balaban J connectivity index is 2.61. The summed E-state index contributed by atoms with van der Waals surface area (Å²) in [6.45, 7) is 2.67. The van der Waals surface area contributed by atoms with E-state index in [4.69, 9.17) is 9.47 Å². The van der Waals surface area contributed by atoms with Gasteiger partial charge in [-0.05, 0) is 26.8 Å². The van der Waals surface area contributed by atoms with E-state index in [1.807, 2.05) is 6.92 Å². The summed E-state index contributed by atoms with van der Waals surface area (Å²) in [4.78, 5) is 11.6. The molecule has 2 atom stereocenters. The van der Waals surface area contributed by atoms with E-state index < -0.39 is 5.54 Å². The molecule has 1 aliphatic carbocycles. The number of esters is 1. The molecule has 14 heavy (non-hydrogen) atoms. The Labute approximate surface area is 85.0 Å². The lowest BCUT2D eigenvalue weighted by atomic mass is 9.98. The van der Waals surface area contributed by atoms with Gasteiger partial charge < -0.3 is 14.8 Å². The summed E-state index contributed by atoms with van der Waals surface area (Å²) >= 11 is 0. The van der Waals surface area contributed by atoms with Gasteiger partial charge in [0.15, 0.2) is 0 Å². The molecule has 0 saturated heterocycles. The van der Waals surface area contributed by atoms with Crippen molar-refractivity contribution in [2.45, 2.75) is 37.8 Å². The van der Waals surface area contributed by atoms with Crippen LogP contribution in [-0.4, -0.2) is 38.4 Å². The van der Waals surface area contributed by atoms with E-state index in [1.54, 1.807) is 7.05 Å². The number of rotatable bonds is 4. The van der Waals surface area contributed by atoms with Gasteiger partial charge in [0, 0.05) is 13.0 Å². The second kappa shape index (κ2) is 4.75. The maximum Gasteiger partial charge on any atom is 0.326 e. The van der Waals surface area contributed by atoms with Crippen molar-refractivity contribution in [2.24, 2.45) is 0 Å². The van der Waals surface area contributed by atoms with E-state index in [1.165, 1.54) is 7.11 Å². The molecule has 82 valence electrons. The third kappa shape index (κ3) is 2.07. The van der Waals surface area contributed by atoms with Crippen LogP contribution in [0.1, 0.15) is 26.2 Å². The highest BCUT2D eigenvalue weighted by Crippen LogP contribution is 2.32. The van der Waals surface area contributed by atoms with Crippen LogP contribution in [0.5, 0.6) is 0 Å². The van der Waals surface area contributed by atoms with E-state index in [0.29, 0.717) is 13.0 Å². The molecule has 1 saturated carbocycles. The molecule has 0 amide bonds. The Hall–Kier alpha value is -0.610. The number of hydrogen-bond donors (Lipinski definition) is 1. The van der Waals surface area contributed by atoms with Crippen molar-refractivity contribution in [2.75, 3.05) is 20.8 Å². The minimum absolute atomic E-state index is 0.179. The van der Waals surface area contributed by atoms with Gasteiger partial charge in [0.25, 0.3) is 0 Å². The second-order valence-corrected chi connectivity index (χ2v) is 3.64. The average molecular weight is 201 g/mol. The fourth-order valence-corrected chi connectivity index (χ4v) is 2.09. The van der Waals surface area contributed by atoms with Gasteiger partial charge in [-0.3, -0.25) is 4.79 Å². The topological polar surface area (TPSA) is 47.6 Å². The maximum absolute atomic E-state index is 11.6. The molecular weight excluding hydrogens is 182 g/mol. The lowest BCUT2D eigenvalue weighted by molar-refractivity contribution is -0.148. The number of hydrogen-bond acceptors (Lipinski definition) is 4. The number of methoxy groups -OCH3 is 1. The first-order valence-electron chi connectivity index (χ1n) is 5.07. The number of ether oxygens (including phenoxy) is 2. The van der Waals surface area contributed by atoms with E-state index in [2.05, 4.69) is 5.32 Å². The van der Waals surface area contributed by atoms with Crippen molar-refractivity contribution in [3.63, 3.8) is 0 Å². The molecule has 0 bridgehead atoms. The minimum atomic E-state index is -0.519. The molecule has 1 fully saturated rings. The van der Waals surface area contributed by atoms with Crippen LogP contribution < -0.4 is 5.32 Å². The molecular formula is C10H19NO3. The van der Waals surface area contributed by atoms with E-state index in [-0.39, 0.29) is 12.1 Å². The molecule has 1 N–H and O–H groups in total. The Morgan fingerprint density at radius 2 is 2.36 bits per heavy atom. The van der Waals surface area contributed by atoms with E-state index in [0.717, 1.165) is 12.8 Å². The molecule has 1 rings (SSSR count). The molecule has 2 unspecified atom stereocenters. The highest BCUT2D eigenvalue weighted by molar-refractivity contribution is 5.81. The summed E-state index contributed by atoms with van der Waals surface area (Å²) in [5.41, 5.74) is -0.519. The third-order valence-electron chi connectivity index (χ3n) is 2.93. The number of carbonyl (C=O) groups is 1. The normalized spacial score (nSPS) is 31.8. The zero-order chi connectivity index (χ0) is 10.6. The lowest BCUT2D eigenvalue weighted by Crippen LogP contribution is -2.49.